The van der Waals surface area contributed by atoms with Gasteiger partial charge in [-0.05, 0) is 57.0 Å². The van der Waals surface area contributed by atoms with Crippen molar-refractivity contribution in [2.75, 3.05) is 25.0 Å². The number of nitrogens with zero attached hydrogens (tertiary/aromatic N) is 1. The quantitative estimate of drug-likeness (QED) is 0.388. The van der Waals surface area contributed by atoms with Crippen LogP contribution in [0.2, 0.25) is 10.0 Å². The summed E-state index contributed by atoms with van der Waals surface area (Å²) in [6.07, 6.45) is 2.84. The van der Waals surface area contributed by atoms with E-state index < -0.39 is 11.9 Å². The van der Waals surface area contributed by atoms with Crippen LogP contribution in [-0.2, 0) is 9.53 Å². The zero-order valence-corrected chi connectivity index (χ0v) is 20.1. The molecule has 2 rings (SSSR count). The molecule has 0 unspecified atom stereocenters. The number of hydrogen-bond donors (Lipinski definition) is 1. The number of nitrogens with one attached hydrogen (secondary N) is 1. The molecule has 2 aromatic rings. The zero-order valence-electron chi connectivity index (χ0n) is 17.8. The number of rotatable bonds is 8. The van der Waals surface area contributed by atoms with E-state index >= 15 is 0 Å². The standard InChI is InChI=1S/C22H24Cl2N2O4S/c1-5-26(6-2)21(28)19-13(4)18(22(29)30-7-3)20(31-19)25-17(27)11-9-14-8-10-15(23)12-16(14)24/h8-12H,5-7H2,1-4H3,(H,25,27). The highest BCUT2D eigenvalue weighted by Gasteiger charge is 2.28. The second kappa shape index (κ2) is 11.3. The highest BCUT2D eigenvalue weighted by Crippen LogP contribution is 2.34. The average molecular weight is 483 g/mol. The predicted octanol–water partition coefficient (Wildman–Crippen LogP) is 5.67. The number of halogens is 2. The summed E-state index contributed by atoms with van der Waals surface area (Å²) < 4.78 is 5.14. The third kappa shape index (κ3) is 6.09. The summed E-state index contributed by atoms with van der Waals surface area (Å²) in [6, 6.07) is 4.93. The average Bonchev–Trinajstić information content (AvgIpc) is 3.04. The Bertz CT molecular complexity index is 1010. The number of thiophene rings is 1. The van der Waals surface area contributed by atoms with Crippen LogP contribution >= 0.6 is 34.5 Å². The van der Waals surface area contributed by atoms with Gasteiger partial charge in [-0.3, -0.25) is 9.59 Å². The summed E-state index contributed by atoms with van der Waals surface area (Å²) in [5, 5.41) is 3.86. The van der Waals surface area contributed by atoms with Gasteiger partial charge in [0.2, 0.25) is 5.91 Å². The summed E-state index contributed by atoms with van der Waals surface area (Å²) in [7, 11) is 0. The van der Waals surface area contributed by atoms with E-state index in [0.717, 1.165) is 11.3 Å². The van der Waals surface area contributed by atoms with E-state index in [1.54, 1.807) is 43.0 Å². The molecule has 1 aromatic heterocycles. The summed E-state index contributed by atoms with van der Waals surface area (Å²) >= 11 is 13.1. The lowest BCUT2D eigenvalue weighted by molar-refractivity contribution is -0.111. The fourth-order valence-corrected chi connectivity index (χ4v) is 4.50. The minimum atomic E-state index is -0.588. The Kier molecular flexibility index (Phi) is 9.10. The molecule has 1 N–H and O–H groups in total. The van der Waals surface area contributed by atoms with Crippen molar-refractivity contribution in [3.8, 4) is 0 Å². The van der Waals surface area contributed by atoms with Gasteiger partial charge in [0.25, 0.3) is 5.91 Å². The van der Waals surface area contributed by atoms with Gasteiger partial charge in [0.15, 0.2) is 0 Å². The Balaban J connectivity index is 2.36. The molecule has 6 nitrogen and oxygen atoms in total. The van der Waals surface area contributed by atoms with Gasteiger partial charge in [0, 0.05) is 29.2 Å². The Morgan fingerprint density at radius 1 is 1.16 bits per heavy atom. The number of anilines is 1. The Labute approximate surface area is 195 Å². The molecule has 0 spiro atoms. The van der Waals surface area contributed by atoms with Crippen molar-refractivity contribution in [3.63, 3.8) is 0 Å². The largest absolute Gasteiger partial charge is 0.462 e. The van der Waals surface area contributed by atoms with Crippen molar-refractivity contribution in [2.24, 2.45) is 0 Å². The Morgan fingerprint density at radius 3 is 2.42 bits per heavy atom. The van der Waals surface area contributed by atoms with Gasteiger partial charge < -0.3 is 15.0 Å². The second-order valence-electron chi connectivity index (χ2n) is 6.45. The minimum absolute atomic E-state index is 0.176. The molecular weight excluding hydrogens is 459 g/mol. The van der Waals surface area contributed by atoms with Gasteiger partial charge in [0.1, 0.15) is 5.00 Å². The molecule has 0 radical (unpaired) electrons. The molecule has 0 atom stereocenters. The number of esters is 1. The highest BCUT2D eigenvalue weighted by molar-refractivity contribution is 7.18. The molecule has 0 aliphatic heterocycles. The monoisotopic (exact) mass is 482 g/mol. The molecule has 166 valence electrons. The van der Waals surface area contributed by atoms with Gasteiger partial charge in [-0.1, -0.05) is 29.3 Å². The molecule has 0 fully saturated rings. The van der Waals surface area contributed by atoms with Crippen LogP contribution in [0, 0.1) is 6.92 Å². The Hall–Kier alpha value is -2.35. The minimum Gasteiger partial charge on any atom is -0.462 e. The van der Waals surface area contributed by atoms with E-state index in [1.807, 2.05) is 13.8 Å². The molecule has 1 heterocycles. The van der Waals surface area contributed by atoms with Gasteiger partial charge in [0.05, 0.1) is 17.0 Å². The summed E-state index contributed by atoms with van der Waals surface area (Å²) in [6.45, 7) is 8.38. The molecule has 31 heavy (non-hydrogen) atoms. The van der Waals surface area contributed by atoms with Gasteiger partial charge in [-0.15, -0.1) is 11.3 Å². The summed E-state index contributed by atoms with van der Waals surface area (Å²) in [5.74, 6) is -1.25. The zero-order chi connectivity index (χ0) is 23.1. The van der Waals surface area contributed by atoms with Crippen molar-refractivity contribution < 1.29 is 19.1 Å². The summed E-state index contributed by atoms with van der Waals surface area (Å²) in [4.78, 5) is 40.0. The lowest BCUT2D eigenvalue weighted by atomic mass is 10.1. The van der Waals surface area contributed by atoms with E-state index in [1.165, 1.54) is 6.08 Å². The fraction of sp³-hybridized carbons (Fsp3) is 0.318. The number of benzene rings is 1. The van der Waals surface area contributed by atoms with Crippen molar-refractivity contribution in [3.05, 3.63) is 55.9 Å². The molecule has 2 amide bonds. The summed E-state index contributed by atoms with van der Waals surface area (Å²) in [5.41, 5.74) is 1.29. The lowest BCUT2D eigenvalue weighted by Crippen LogP contribution is -2.30. The molecule has 0 saturated carbocycles. The molecule has 1 aromatic carbocycles. The van der Waals surface area contributed by atoms with E-state index in [2.05, 4.69) is 5.32 Å². The van der Waals surface area contributed by atoms with Gasteiger partial charge in [-0.2, -0.15) is 0 Å². The maximum absolute atomic E-state index is 12.9. The van der Waals surface area contributed by atoms with E-state index in [9.17, 15) is 14.4 Å². The Morgan fingerprint density at radius 2 is 1.84 bits per heavy atom. The molecular formula is C22H24Cl2N2O4S. The third-order valence-corrected chi connectivity index (χ3v) is 6.24. The molecule has 0 aliphatic rings. The number of hydrogen-bond acceptors (Lipinski definition) is 5. The van der Waals surface area contributed by atoms with Crippen LogP contribution in [0.1, 0.15) is 51.9 Å². The number of ether oxygens (including phenoxy) is 1. The fourth-order valence-electron chi connectivity index (χ4n) is 2.86. The lowest BCUT2D eigenvalue weighted by Gasteiger charge is -2.18. The van der Waals surface area contributed by atoms with Crippen LogP contribution in [0.5, 0.6) is 0 Å². The van der Waals surface area contributed by atoms with Crippen LogP contribution in [0.3, 0.4) is 0 Å². The van der Waals surface area contributed by atoms with E-state index in [4.69, 9.17) is 27.9 Å². The second-order valence-corrected chi connectivity index (χ2v) is 8.31. The predicted molar refractivity (Wildman–Crippen MR) is 126 cm³/mol. The van der Waals surface area contributed by atoms with Crippen LogP contribution < -0.4 is 5.32 Å². The van der Waals surface area contributed by atoms with Crippen LogP contribution in [0.25, 0.3) is 6.08 Å². The first-order valence-electron chi connectivity index (χ1n) is 9.77. The third-order valence-electron chi connectivity index (χ3n) is 4.48. The maximum Gasteiger partial charge on any atom is 0.341 e. The van der Waals surface area contributed by atoms with Crippen LogP contribution in [-0.4, -0.2) is 42.4 Å². The smallest absolute Gasteiger partial charge is 0.341 e. The van der Waals surface area contributed by atoms with E-state index in [-0.39, 0.29) is 23.1 Å². The molecule has 0 bridgehead atoms. The number of carbonyl (C=O) groups is 3. The highest BCUT2D eigenvalue weighted by atomic mass is 35.5. The molecule has 0 aliphatic carbocycles. The number of amides is 2. The SMILES string of the molecule is CCOC(=O)c1c(NC(=O)C=Cc2ccc(Cl)cc2Cl)sc(C(=O)N(CC)CC)c1C. The topological polar surface area (TPSA) is 75.7 Å². The van der Waals surface area contributed by atoms with Crippen molar-refractivity contribution in [1.29, 1.82) is 0 Å². The van der Waals surface area contributed by atoms with Crippen molar-refractivity contribution in [2.45, 2.75) is 27.7 Å². The first kappa shape index (κ1) is 24.9. The van der Waals surface area contributed by atoms with Gasteiger partial charge in [-0.25, -0.2) is 4.79 Å². The maximum atomic E-state index is 12.9. The van der Waals surface area contributed by atoms with Gasteiger partial charge >= 0.3 is 5.97 Å². The first-order valence-corrected chi connectivity index (χ1v) is 11.3. The first-order chi connectivity index (χ1) is 14.7. The normalized spacial score (nSPS) is 10.9. The molecule has 9 heteroatoms. The van der Waals surface area contributed by atoms with E-state index in [0.29, 0.717) is 39.1 Å². The van der Waals surface area contributed by atoms with Crippen LogP contribution in [0.15, 0.2) is 24.3 Å². The van der Waals surface area contributed by atoms with Crippen LogP contribution in [0.4, 0.5) is 5.00 Å². The number of carbonyl (C=O) groups excluding carboxylic acids is 3. The van der Waals surface area contributed by atoms with Crippen molar-refractivity contribution >= 4 is 63.4 Å². The van der Waals surface area contributed by atoms with Crippen molar-refractivity contribution in [1.82, 2.24) is 4.90 Å². The molecule has 0 saturated heterocycles.